The molecule has 15 rings (SSSR count). The van der Waals surface area contributed by atoms with Crippen LogP contribution in [0.1, 0.15) is 105 Å². The van der Waals surface area contributed by atoms with Gasteiger partial charge in [0.25, 0.3) is 0 Å². The molecule has 0 bridgehead atoms. The van der Waals surface area contributed by atoms with Crippen molar-refractivity contribution in [1.82, 2.24) is 0 Å². The van der Waals surface area contributed by atoms with E-state index in [0.717, 1.165) is 25.6 Å². The van der Waals surface area contributed by atoms with E-state index in [4.69, 9.17) is 0 Å². The van der Waals surface area contributed by atoms with Crippen LogP contribution in [0, 0.1) is 0 Å². The minimum Gasteiger partial charge on any atom is -0.423 e. The minimum atomic E-state index is -1.48. The SMILES string of the molecule is Brc1cccc2cccc(Br)c12.CC(C)(C)c1ccc(-c2ccc(C(C)(C)C)cc2-c2cc3c(cc4c5ccccc5c5cccc3c54)c3cc4c(cc23)c2cccc3cccc4c32)cc1.CC(C)(C)c1ccc(-c2ccc(C(C)(C)C)cc2B(O)O)cc1. The molecular weight excluding hydrogens is 1210 g/mol. The molecule has 2 N–H and O–H groups in total. The summed E-state index contributed by atoms with van der Waals surface area (Å²) >= 11 is 7.04. The second-order valence-electron chi connectivity index (χ2n) is 28.5. The van der Waals surface area contributed by atoms with Crippen LogP contribution in [0.4, 0.5) is 0 Å². The quantitative estimate of drug-likeness (QED) is 0.136. The van der Waals surface area contributed by atoms with E-state index in [2.05, 4.69) is 303 Å². The fraction of sp³-hybridized carbons (Fsp3) is 0.190. The third kappa shape index (κ3) is 11.0. The van der Waals surface area contributed by atoms with Crippen LogP contribution in [0.3, 0.4) is 0 Å². The summed E-state index contributed by atoms with van der Waals surface area (Å²) in [6.07, 6.45) is 0. The van der Waals surface area contributed by atoms with Crippen LogP contribution in [0.25, 0.3) is 130 Å². The average Bonchev–Trinajstić information content (AvgIpc) is 1.78. The minimum absolute atomic E-state index is 0.00438. The van der Waals surface area contributed by atoms with Crippen molar-refractivity contribution in [1.29, 1.82) is 0 Å². The Labute approximate surface area is 541 Å². The van der Waals surface area contributed by atoms with Gasteiger partial charge in [-0.05, 0) is 217 Å². The van der Waals surface area contributed by atoms with E-state index in [9.17, 15) is 10.0 Å². The lowest BCUT2D eigenvalue weighted by atomic mass is 9.72. The van der Waals surface area contributed by atoms with Crippen molar-refractivity contribution >= 4 is 141 Å². The van der Waals surface area contributed by atoms with E-state index in [1.165, 1.54) is 136 Å². The molecule has 0 aliphatic heterocycles. The molecule has 0 spiro atoms. The van der Waals surface area contributed by atoms with E-state index in [1.807, 2.05) is 36.4 Å². The van der Waals surface area contributed by atoms with E-state index in [0.29, 0.717) is 5.46 Å². The molecule has 89 heavy (non-hydrogen) atoms. The topological polar surface area (TPSA) is 40.5 Å². The van der Waals surface area contributed by atoms with Gasteiger partial charge in [0.05, 0.1) is 0 Å². The highest BCUT2D eigenvalue weighted by molar-refractivity contribution is 9.11. The summed E-state index contributed by atoms with van der Waals surface area (Å²) in [6.45, 7) is 26.8. The molecule has 0 radical (unpaired) electrons. The van der Waals surface area contributed by atoms with Crippen molar-refractivity contribution in [2.45, 2.75) is 105 Å². The Bertz CT molecular complexity index is 5160. The first kappa shape index (κ1) is 60.0. The Morgan fingerprint density at radius 1 is 0.258 bits per heavy atom. The summed E-state index contributed by atoms with van der Waals surface area (Å²) in [4.78, 5) is 0. The van der Waals surface area contributed by atoms with Gasteiger partial charge in [0.1, 0.15) is 0 Å². The maximum atomic E-state index is 9.80. The molecule has 0 amide bonds. The van der Waals surface area contributed by atoms with Gasteiger partial charge >= 0.3 is 7.12 Å². The van der Waals surface area contributed by atoms with Gasteiger partial charge in [-0.2, -0.15) is 0 Å². The summed E-state index contributed by atoms with van der Waals surface area (Å²) in [5.74, 6) is 0. The van der Waals surface area contributed by atoms with Crippen LogP contribution in [-0.2, 0) is 21.7 Å². The molecular formula is C84H75BBr2O2. The largest absolute Gasteiger partial charge is 0.489 e. The Kier molecular flexibility index (Phi) is 15.2. The van der Waals surface area contributed by atoms with E-state index in [1.54, 1.807) is 0 Å². The molecule has 0 saturated carbocycles. The van der Waals surface area contributed by atoms with Crippen LogP contribution in [0.5, 0.6) is 0 Å². The van der Waals surface area contributed by atoms with Crippen LogP contribution >= 0.6 is 31.9 Å². The van der Waals surface area contributed by atoms with Crippen molar-refractivity contribution in [2.75, 3.05) is 0 Å². The first-order valence-electron chi connectivity index (χ1n) is 31.2. The van der Waals surface area contributed by atoms with Crippen LogP contribution in [-0.4, -0.2) is 17.2 Å². The Morgan fingerprint density at radius 3 is 1.12 bits per heavy atom. The first-order chi connectivity index (χ1) is 42.3. The van der Waals surface area contributed by atoms with E-state index >= 15 is 0 Å². The van der Waals surface area contributed by atoms with Gasteiger partial charge < -0.3 is 10.0 Å². The monoisotopic (exact) mass is 1280 g/mol. The maximum absolute atomic E-state index is 9.80. The highest BCUT2D eigenvalue weighted by Gasteiger charge is 2.26. The van der Waals surface area contributed by atoms with Gasteiger partial charge in [-0.1, -0.05) is 297 Å². The number of halogens is 2. The third-order valence-electron chi connectivity index (χ3n) is 18.5. The van der Waals surface area contributed by atoms with Crippen molar-refractivity contribution in [3.05, 3.63) is 256 Å². The van der Waals surface area contributed by atoms with Crippen LogP contribution < -0.4 is 5.46 Å². The predicted molar refractivity (Wildman–Crippen MR) is 396 cm³/mol. The Morgan fingerprint density at radius 2 is 0.618 bits per heavy atom. The molecule has 0 atom stereocenters. The zero-order valence-corrected chi connectivity index (χ0v) is 56.3. The zero-order valence-electron chi connectivity index (χ0n) is 53.1. The molecule has 15 aromatic rings. The Hall–Kier alpha value is -7.90. The van der Waals surface area contributed by atoms with Crippen LogP contribution in [0.2, 0.25) is 0 Å². The smallest absolute Gasteiger partial charge is 0.423 e. The molecule has 0 aliphatic carbocycles. The molecule has 2 nitrogen and oxygen atoms in total. The highest BCUT2D eigenvalue weighted by Crippen LogP contribution is 2.50. The third-order valence-corrected chi connectivity index (χ3v) is 19.8. The van der Waals surface area contributed by atoms with E-state index < -0.39 is 7.12 Å². The number of hydrogen-bond donors (Lipinski definition) is 2. The molecule has 15 aromatic carbocycles. The van der Waals surface area contributed by atoms with E-state index in [-0.39, 0.29) is 21.7 Å². The van der Waals surface area contributed by atoms with Gasteiger partial charge in [-0.25, -0.2) is 0 Å². The molecule has 0 heterocycles. The fourth-order valence-electron chi connectivity index (χ4n) is 13.5. The summed E-state index contributed by atoms with van der Waals surface area (Å²) in [7, 11) is -1.48. The fourth-order valence-corrected chi connectivity index (χ4v) is 15.0. The summed E-state index contributed by atoms with van der Waals surface area (Å²) in [5, 5.41) is 43.4. The normalized spacial score (nSPS) is 12.5. The number of rotatable bonds is 4. The molecule has 0 saturated heterocycles. The molecule has 0 unspecified atom stereocenters. The lowest BCUT2D eigenvalue weighted by Gasteiger charge is -2.24. The van der Waals surface area contributed by atoms with Crippen molar-refractivity contribution in [3.63, 3.8) is 0 Å². The second-order valence-corrected chi connectivity index (χ2v) is 30.2. The predicted octanol–water partition coefficient (Wildman–Crippen LogP) is 23.7. The summed E-state index contributed by atoms with van der Waals surface area (Å²) < 4.78 is 2.26. The number of hydrogen-bond acceptors (Lipinski definition) is 2. The molecule has 0 fully saturated rings. The van der Waals surface area contributed by atoms with Crippen molar-refractivity contribution in [2.24, 2.45) is 0 Å². The van der Waals surface area contributed by atoms with Gasteiger partial charge in [0, 0.05) is 14.3 Å². The summed E-state index contributed by atoms with van der Waals surface area (Å²) in [6, 6.07) is 82.8. The number of fused-ring (bicyclic) bond motifs is 11. The lowest BCUT2D eigenvalue weighted by molar-refractivity contribution is 0.426. The molecule has 0 aromatic heterocycles. The lowest BCUT2D eigenvalue weighted by Crippen LogP contribution is -2.33. The first-order valence-corrected chi connectivity index (χ1v) is 32.7. The van der Waals surface area contributed by atoms with Gasteiger partial charge in [-0.15, -0.1) is 0 Å². The molecule has 5 heteroatoms. The second kappa shape index (κ2) is 22.5. The van der Waals surface area contributed by atoms with Gasteiger partial charge in [0.2, 0.25) is 0 Å². The Balaban J connectivity index is 0.000000170. The maximum Gasteiger partial charge on any atom is 0.489 e. The van der Waals surface area contributed by atoms with Gasteiger partial charge in [0.15, 0.2) is 0 Å². The standard InChI is InChI=1S/C54H42.C20H27BO2.C10H6Br2/c1-53(2,3)33-22-20-31(21-23-33)35-25-24-34(54(4,5)6)26-42(35)46-29-45-41-19-11-18-38-36-14-7-8-15-37(36)50(52(38)41)30-49(45)48-28-44-40-17-10-13-32-12-9-16-39(51(32)40)43(44)27-47(46)48;1-19(2,3)15-9-7-14(8-10-15)17-12-11-16(20(4,5)6)13-18(17)21(22)23;11-8-5-1-3-7-4-2-6-9(12)10(7)8/h7-30H,1-6H3;7-13,22-23H,1-6H3;1-6H. The molecule has 0 aliphatic rings. The molecule has 440 valence electrons. The van der Waals surface area contributed by atoms with Crippen molar-refractivity contribution in [3.8, 4) is 33.4 Å². The van der Waals surface area contributed by atoms with Crippen molar-refractivity contribution < 1.29 is 10.0 Å². The summed E-state index contributed by atoms with van der Waals surface area (Å²) in [5.41, 5.74) is 12.7. The van der Waals surface area contributed by atoms with Gasteiger partial charge in [-0.3, -0.25) is 0 Å². The van der Waals surface area contributed by atoms with Crippen LogP contribution in [0.15, 0.2) is 233 Å². The highest BCUT2D eigenvalue weighted by atomic mass is 79.9. The zero-order chi connectivity index (χ0) is 62.6. The average molecular weight is 1290 g/mol. The number of benzene rings is 13.